The molecule has 1 aromatic heterocycles. The van der Waals surface area contributed by atoms with Crippen molar-refractivity contribution in [2.45, 2.75) is 19.4 Å². The van der Waals surface area contributed by atoms with Crippen LogP contribution in [-0.4, -0.2) is 21.3 Å². The van der Waals surface area contributed by atoms with E-state index in [2.05, 4.69) is 40.3 Å². The van der Waals surface area contributed by atoms with E-state index < -0.39 is 0 Å². The summed E-state index contributed by atoms with van der Waals surface area (Å²) in [6, 6.07) is 8.60. The molecule has 1 N–H and O–H groups in total. The highest BCUT2D eigenvalue weighted by atomic mass is 79.9. The van der Waals surface area contributed by atoms with Crippen LogP contribution in [0.2, 0.25) is 0 Å². The maximum Gasteiger partial charge on any atom is 0.160 e. The van der Waals surface area contributed by atoms with E-state index in [1.807, 2.05) is 19.2 Å². The summed E-state index contributed by atoms with van der Waals surface area (Å²) in [4.78, 5) is 1.33. The Hall–Kier alpha value is -1.04. The number of rotatable bonds is 6. The first-order chi connectivity index (χ1) is 10.1. The zero-order valence-electron chi connectivity index (χ0n) is 12.7. The summed E-state index contributed by atoms with van der Waals surface area (Å²) in [5, 5.41) is 3.39. The van der Waals surface area contributed by atoms with Gasteiger partial charge < -0.3 is 14.8 Å². The summed E-state index contributed by atoms with van der Waals surface area (Å²) in [5.74, 6) is 1.53. The van der Waals surface area contributed by atoms with Gasteiger partial charge >= 0.3 is 0 Å². The van der Waals surface area contributed by atoms with Gasteiger partial charge in [0.25, 0.3) is 0 Å². The van der Waals surface area contributed by atoms with Crippen molar-refractivity contribution >= 4 is 27.3 Å². The lowest BCUT2D eigenvalue weighted by Gasteiger charge is -2.16. The standard InChI is InChI=1S/C16H20BrNO2S/c1-10-7-15(21-16(10)17)12(18-2)8-11-5-6-13(19-3)14(9-11)20-4/h5-7,9,12,18H,8H2,1-4H3. The number of benzene rings is 1. The summed E-state index contributed by atoms with van der Waals surface area (Å²) < 4.78 is 11.9. The van der Waals surface area contributed by atoms with Crippen LogP contribution in [0.1, 0.15) is 22.0 Å². The minimum absolute atomic E-state index is 0.290. The van der Waals surface area contributed by atoms with Gasteiger partial charge in [0.2, 0.25) is 0 Å². The Morgan fingerprint density at radius 3 is 2.43 bits per heavy atom. The van der Waals surface area contributed by atoms with Crippen molar-refractivity contribution in [2.75, 3.05) is 21.3 Å². The molecule has 3 nitrogen and oxygen atoms in total. The molecule has 0 amide bonds. The van der Waals surface area contributed by atoms with Gasteiger partial charge in [0.15, 0.2) is 11.5 Å². The Morgan fingerprint density at radius 1 is 1.19 bits per heavy atom. The first-order valence-corrected chi connectivity index (χ1v) is 8.34. The van der Waals surface area contributed by atoms with E-state index in [1.165, 1.54) is 19.8 Å². The van der Waals surface area contributed by atoms with Gasteiger partial charge in [-0.25, -0.2) is 0 Å². The zero-order valence-corrected chi connectivity index (χ0v) is 15.1. The molecule has 0 spiro atoms. The Morgan fingerprint density at radius 2 is 1.90 bits per heavy atom. The van der Waals surface area contributed by atoms with Crippen LogP contribution in [0.4, 0.5) is 0 Å². The number of nitrogens with one attached hydrogen (secondary N) is 1. The van der Waals surface area contributed by atoms with Gasteiger partial charge in [0.1, 0.15) is 0 Å². The lowest BCUT2D eigenvalue weighted by Crippen LogP contribution is -2.17. The molecule has 0 fully saturated rings. The smallest absolute Gasteiger partial charge is 0.160 e. The van der Waals surface area contributed by atoms with E-state index in [0.717, 1.165) is 17.9 Å². The normalized spacial score (nSPS) is 12.2. The molecule has 0 saturated heterocycles. The molecule has 1 unspecified atom stereocenters. The quantitative estimate of drug-likeness (QED) is 0.821. The molecule has 2 rings (SSSR count). The van der Waals surface area contributed by atoms with Crippen molar-refractivity contribution < 1.29 is 9.47 Å². The molecule has 21 heavy (non-hydrogen) atoms. The topological polar surface area (TPSA) is 30.5 Å². The minimum Gasteiger partial charge on any atom is -0.493 e. The molecule has 0 radical (unpaired) electrons. The summed E-state index contributed by atoms with van der Waals surface area (Å²) in [6.07, 6.45) is 0.906. The maximum atomic E-state index is 5.37. The summed E-state index contributed by atoms with van der Waals surface area (Å²) in [6.45, 7) is 2.12. The Labute approximate surface area is 138 Å². The van der Waals surface area contributed by atoms with E-state index in [0.29, 0.717) is 0 Å². The van der Waals surface area contributed by atoms with Crippen LogP contribution in [0.3, 0.4) is 0 Å². The van der Waals surface area contributed by atoms with E-state index >= 15 is 0 Å². The van der Waals surface area contributed by atoms with Crippen LogP contribution in [0.5, 0.6) is 11.5 Å². The summed E-state index contributed by atoms with van der Waals surface area (Å²) in [5.41, 5.74) is 2.50. The summed E-state index contributed by atoms with van der Waals surface area (Å²) >= 11 is 5.38. The molecule has 0 bridgehead atoms. The molecule has 1 atom stereocenters. The predicted molar refractivity (Wildman–Crippen MR) is 91.8 cm³/mol. The fourth-order valence-electron chi connectivity index (χ4n) is 2.24. The lowest BCUT2D eigenvalue weighted by molar-refractivity contribution is 0.354. The number of hydrogen-bond acceptors (Lipinski definition) is 4. The average Bonchev–Trinajstić information content (AvgIpc) is 2.83. The fraction of sp³-hybridized carbons (Fsp3) is 0.375. The molecule has 2 aromatic rings. The third-order valence-electron chi connectivity index (χ3n) is 3.46. The Balaban J connectivity index is 2.22. The summed E-state index contributed by atoms with van der Waals surface area (Å²) in [7, 11) is 5.31. The second-order valence-electron chi connectivity index (χ2n) is 4.84. The molecule has 0 aliphatic carbocycles. The molecule has 1 aromatic carbocycles. The van der Waals surface area contributed by atoms with Gasteiger partial charge in [0, 0.05) is 10.9 Å². The van der Waals surface area contributed by atoms with Crippen molar-refractivity contribution in [2.24, 2.45) is 0 Å². The highest BCUT2D eigenvalue weighted by Gasteiger charge is 2.15. The van der Waals surface area contributed by atoms with Gasteiger partial charge in [-0.05, 0) is 65.6 Å². The van der Waals surface area contributed by atoms with E-state index in [1.54, 1.807) is 25.6 Å². The number of hydrogen-bond donors (Lipinski definition) is 1. The first kappa shape index (κ1) is 16.3. The van der Waals surface area contributed by atoms with Crippen LogP contribution in [0.25, 0.3) is 0 Å². The number of methoxy groups -OCH3 is 2. The average molecular weight is 370 g/mol. The highest BCUT2D eigenvalue weighted by Crippen LogP contribution is 2.34. The molecule has 0 aliphatic heterocycles. The second-order valence-corrected chi connectivity index (χ2v) is 7.24. The van der Waals surface area contributed by atoms with Crippen molar-refractivity contribution in [1.82, 2.24) is 5.32 Å². The van der Waals surface area contributed by atoms with Gasteiger partial charge in [-0.15, -0.1) is 11.3 Å². The molecular weight excluding hydrogens is 350 g/mol. The first-order valence-electron chi connectivity index (χ1n) is 6.73. The number of likely N-dealkylation sites (N-methyl/N-ethyl adjacent to an activating group) is 1. The molecule has 0 saturated carbocycles. The third-order valence-corrected chi connectivity index (χ3v) is 5.71. The predicted octanol–water partition coefficient (Wildman–Crippen LogP) is 4.34. The molecule has 0 aliphatic rings. The second kappa shape index (κ2) is 7.29. The number of halogens is 1. The van der Waals surface area contributed by atoms with E-state index in [-0.39, 0.29) is 6.04 Å². The van der Waals surface area contributed by atoms with Gasteiger partial charge in [-0.3, -0.25) is 0 Å². The molecular formula is C16H20BrNO2S. The fourth-order valence-corrected chi connectivity index (χ4v) is 3.92. The van der Waals surface area contributed by atoms with Gasteiger partial charge in [-0.2, -0.15) is 0 Å². The van der Waals surface area contributed by atoms with Crippen molar-refractivity contribution in [3.63, 3.8) is 0 Å². The largest absolute Gasteiger partial charge is 0.493 e. The minimum atomic E-state index is 0.290. The van der Waals surface area contributed by atoms with Crippen LogP contribution < -0.4 is 14.8 Å². The van der Waals surface area contributed by atoms with Crippen LogP contribution >= 0.6 is 27.3 Å². The number of thiophene rings is 1. The number of aryl methyl sites for hydroxylation is 1. The Bertz CT molecular complexity index is 593. The lowest BCUT2D eigenvalue weighted by atomic mass is 10.0. The van der Waals surface area contributed by atoms with E-state index in [4.69, 9.17) is 9.47 Å². The zero-order chi connectivity index (χ0) is 15.4. The van der Waals surface area contributed by atoms with Gasteiger partial charge in [0.05, 0.1) is 18.0 Å². The van der Waals surface area contributed by atoms with Crippen LogP contribution in [-0.2, 0) is 6.42 Å². The monoisotopic (exact) mass is 369 g/mol. The number of ether oxygens (including phenoxy) is 2. The highest BCUT2D eigenvalue weighted by molar-refractivity contribution is 9.11. The van der Waals surface area contributed by atoms with Gasteiger partial charge in [-0.1, -0.05) is 6.07 Å². The van der Waals surface area contributed by atoms with E-state index in [9.17, 15) is 0 Å². The molecule has 5 heteroatoms. The molecule has 1 heterocycles. The third kappa shape index (κ3) is 3.78. The van der Waals surface area contributed by atoms with Crippen molar-refractivity contribution in [3.05, 3.63) is 44.1 Å². The van der Waals surface area contributed by atoms with Crippen molar-refractivity contribution in [3.8, 4) is 11.5 Å². The SMILES string of the molecule is CNC(Cc1ccc(OC)c(OC)c1)c1cc(C)c(Br)s1. The van der Waals surface area contributed by atoms with Crippen LogP contribution in [0, 0.1) is 6.92 Å². The maximum absolute atomic E-state index is 5.37. The molecule has 114 valence electrons. The van der Waals surface area contributed by atoms with Crippen molar-refractivity contribution in [1.29, 1.82) is 0 Å². The Kier molecular flexibility index (Phi) is 5.67. The van der Waals surface area contributed by atoms with Crippen LogP contribution in [0.15, 0.2) is 28.1 Å².